The van der Waals surface area contributed by atoms with E-state index in [4.69, 9.17) is 4.42 Å². The van der Waals surface area contributed by atoms with Crippen LogP contribution < -0.4 is 0 Å². The summed E-state index contributed by atoms with van der Waals surface area (Å²) in [6, 6.07) is 0. The van der Waals surface area contributed by atoms with Gasteiger partial charge in [-0.25, -0.2) is 4.98 Å². The van der Waals surface area contributed by atoms with Gasteiger partial charge in [0.1, 0.15) is 5.76 Å². The lowest BCUT2D eigenvalue weighted by molar-refractivity contribution is 0.455. The summed E-state index contributed by atoms with van der Waals surface area (Å²) in [5.41, 5.74) is 1.20. The predicted molar refractivity (Wildman–Crippen MR) is 60.6 cm³/mol. The summed E-state index contributed by atoms with van der Waals surface area (Å²) in [7, 11) is 0. The van der Waals surface area contributed by atoms with E-state index in [1.165, 1.54) is 18.5 Å². The van der Waals surface area contributed by atoms with Crippen molar-refractivity contribution in [3.05, 3.63) is 17.3 Å². The molecule has 1 heterocycles. The van der Waals surface area contributed by atoms with Crippen molar-refractivity contribution in [2.24, 2.45) is 0 Å². The first-order valence-corrected chi connectivity index (χ1v) is 5.81. The highest BCUT2D eigenvalue weighted by Gasteiger charge is 2.14. The van der Waals surface area contributed by atoms with Gasteiger partial charge in [-0.15, -0.1) is 0 Å². The van der Waals surface area contributed by atoms with Crippen LogP contribution in [-0.4, -0.2) is 4.98 Å². The summed E-state index contributed by atoms with van der Waals surface area (Å²) in [4.78, 5) is 4.28. The molecule has 14 heavy (non-hydrogen) atoms. The number of rotatable bonds is 0. The molecule has 0 saturated carbocycles. The van der Waals surface area contributed by atoms with Gasteiger partial charge in [0.05, 0.1) is 5.69 Å². The van der Waals surface area contributed by atoms with E-state index in [1.54, 1.807) is 0 Å². The van der Waals surface area contributed by atoms with Gasteiger partial charge in [-0.2, -0.15) is 0 Å². The Hall–Kier alpha value is -0.790. The summed E-state index contributed by atoms with van der Waals surface area (Å²) >= 11 is 0. The maximum atomic E-state index is 5.39. The topological polar surface area (TPSA) is 26.0 Å². The maximum absolute atomic E-state index is 5.39. The molecule has 2 heteroatoms. The van der Waals surface area contributed by atoms with E-state index in [9.17, 15) is 0 Å². The van der Waals surface area contributed by atoms with Crippen LogP contribution in [0.5, 0.6) is 0 Å². The first-order chi connectivity index (χ1) is 6.86. The van der Waals surface area contributed by atoms with E-state index in [-0.39, 0.29) is 0 Å². The Balaban J connectivity index is 0.000000379. The summed E-state index contributed by atoms with van der Waals surface area (Å²) in [5, 5.41) is 0. The number of oxazole rings is 1. The smallest absolute Gasteiger partial charge is 0.191 e. The van der Waals surface area contributed by atoms with Crippen molar-refractivity contribution < 1.29 is 4.42 Å². The van der Waals surface area contributed by atoms with E-state index in [0.29, 0.717) is 0 Å². The average Bonchev–Trinajstić information content (AvgIpc) is 2.64. The van der Waals surface area contributed by atoms with Gasteiger partial charge in [0, 0.05) is 13.3 Å². The molecule has 0 radical (unpaired) electrons. The van der Waals surface area contributed by atoms with Crippen LogP contribution in [0, 0.1) is 6.92 Å². The molecule has 1 aromatic heterocycles. The number of aryl methyl sites for hydroxylation is 3. The molecule has 0 fully saturated rings. The molecule has 1 aliphatic rings. The highest BCUT2D eigenvalue weighted by molar-refractivity contribution is 5.12. The van der Waals surface area contributed by atoms with E-state index in [0.717, 1.165) is 24.5 Å². The Kier molecular flexibility index (Phi) is 7.17. The summed E-state index contributed by atoms with van der Waals surface area (Å²) < 4.78 is 5.39. The highest BCUT2D eigenvalue weighted by Crippen LogP contribution is 2.20. The fourth-order valence-corrected chi connectivity index (χ4v) is 1.48. The minimum atomic E-state index is 0.826. The van der Waals surface area contributed by atoms with Crippen LogP contribution in [0.4, 0.5) is 0 Å². The highest BCUT2D eigenvalue weighted by atomic mass is 16.4. The number of fused-ring (bicyclic) bond motifs is 1. The summed E-state index contributed by atoms with van der Waals surface area (Å²) in [5.74, 6) is 1.95. The molecule has 0 amide bonds. The standard InChI is InChI=1S/C8H11NO.2C2H6/c1-6-9-7-4-2-3-5-8(7)10-6;2*1-2/h2-5H2,1H3;2*1-2H3. The lowest BCUT2D eigenvalue weighted by Crippen LogP contribution is -1.99. The zero-order valence-corrected chi connectivity index (χ0v) is 10.2. The molecule has 0 aromatic carbocycles. The van der Waals surface area contributed by atoms with Gasteiger partial charge in [0.2, 0.25) is 0 Å². The van der Waals surface area contributed by atoms with Crippen LogP contribution in [0.3, 0.4) is 0 Å². The zero-order chi connectivity index (χ0) is 11.0. The Bertz CT molecular complexity index is 217. The lowest BCUT2D eigenvalue weighted by Gasteiger charge is -2.05. The van der Waals surface area contributed by atoms with Crippen molar-refractivity contribution in [2.45, 2.75) is 60.3 Å². The van der Waals surface area contributed by atoms with Crippen LogP contribution in [0.15, 0.2) is 4.42 Å². The minimum Gasteiger partial charge on any atom is -0.446 e. The van der Waals surface area contributed by atoms with E-state index < -0.39 is 0 Å². The van der Waals surface area contributed by atoms with Gasteiger partial charge in [0.25, 0.3) is 0 Å². The summed E-state index contributed by atoms with van der Waals surface area (Å²) in [6.07, 6.45) is 4.75. The van der Waals surface area contributed by atoms with E-state index in [2.05, 4.69) is 4.98 Å². The molecule has 0 bridgehead atoms. The molecule has 82 valence electrons. The minimum absolute atomic E-state index is 0.826. The van der Waals surface area contributed by atoms with Gasteiger partial charge in [-0.05, 0) is 19.3 Å². The molecule has 0 atom stereocenters. The molecule has 0 saturated heterocycles. The third kappa shape index (κ3) is 3.52. The molecular formula is C12H23NO. The number of aromatic nitrogens is 1. The van der Waals surface area contributed by atoms with Crippen molar-refractivity contribution >= 4 is 0 Å². The van der Waals surface area contributed by atoms with Crippen molar-refractivity contribution in [2.75, 3.05) is 0 Å². The number of hydrogen-bond acceptors (Lipinski definition) is 2. The van der Waals surface area contributed by atoms with Gasteiger partial charge < -0.3 is 4.42 Å². The molecule has 0 aliphatic heterocycles. The molecule has 0 N–H and O–H groups in total. The first-order valence-electron chi connectivity index (χ1n) is 5.81. The SMILES string of the molecule is CC.CC.Cc1nc2c(o1)CCCC2. The monoisotopic (exact) mass is 197 g/mol. The third-order valence-corrected chi connectivity index (χ3v) is 1.95. The van der Waals surface area contributed by atoms with Crippen molar-refractivity contribution in [3.8, 4) is 0 Å². The van der Waals surface area contributed by atoms with Crippen LogP contribution in [0.25, 0.3) is 0 Å². The third-order valence-electron chi connectivity index (χ3n) is 1.95. The maximum Gasteiger partial charge on any atom is 0.191 e. The Morgan fingerprint density at radius 1 is 1.00 bits per heavy atom. The lowest BCUT2D eigenvalue weighted by atomic mass is 10.0. The van der Waals surface area contributed by atoms with Crippen molar-refractivity contribution in [3.63, 3.8) is 0 Å². The second kappa shape index (κ2) is 7.60. The largest absolute Gasteiger partial charge is 0.446 e. The Labute approximate surface area is 87.7 Å². The number of nitrogens with zero attached hydrogens (tertiary/aromatic N) is 1. The summed E-state index contributed by atoms with van der Waals surface area (Å²) in [6.45, 7) is 9.91. The zero-order valence-electron chi connectivity index (χ0n) is 10.2. The molecule has 2 rings (SSSR count). The fourth-order valence-electron chi connectivity index (χ4n) is 1.48. The van der Waals surface area contributed by atoms with Crippen molar-refractivity contribution in [1.82, 2.24) is 4.98 Å². The van der Waals surface area contributed by atoms with Gasteiger partial charge >= 0.3 is 0 Å². The van der Waals surface area contributed by atoms with Crippen LogP contribution in [0.2, 0.25) is 0 Å². The fraction of sp³-hybridized carbons (Fsp3) is 0.750. The molecule has 1 aliphatic carbocycles. The van der Waals surface area contributed by atoms with Gasteiger partial charge in [-0.1, -0.05) is 27.7 Å². The Morgan fingerprint density at radius 3 is 2.14 bits per heavy atom. The van der Waals surface area contributed by atoms with Crippen LogP contribution in [0.1, 0.15) is 57.9 Å². The quantitative estimate of drug-likeness (QED) is 0.630. The second-order valence-corrected chi connectivity index (χ2v) is 2.81. The molecular weight excluding hydrogens is 174 g/mol. The molecule has 0 spiro atoms. The predicted octanol–water partition coefficient (Wildman–Crippen LogP) is 3.91. The Morgan fingerprint density at radius 2 is 1.57 bits per heavy atom. The molecule has 0 unspecified atom stereocenters. The molecule has 1 aromatic rings. The van der Waals surface area contributed by atoms with Gasteiger partial charge in [0.15, 0.2) is 5.89 Å². The van der Waals surface area contributed by atoms with E-state index >= 15 is 0 Å². The number of hydrogen-bond donors (Lipinski definition) is 0. The first kappa shape index (κ1) is 13.2. The molecule has 2 nitrogen and oxygen atoms in total. The average molecular weight is 197 g/mol. The normalized spacial score (nSPS) is 12.9. The van der Waals surface area contributed by atoms with Crippen molar-refractivity contribution in [1.29, 1.82) is 0 Å². The van der Waals surface area contributed by atoms with Crippen LogP contribution >= 0.6 is 0 Å². The van der Waals surface area contributed by atoms with E-state index in [1.807, 2.05) is 34.6 Å². The van der Waals surface area contributed by atoms with Gasteiger partial charge in [-0.3, -0.25) is 0 Å². The van der Waals surface area contributed by atoms with Crippen LogP contribution in [-0.2, 0) is 12.8 Å². The second-order valence-electron chi connectivity index (χ2n) is 2.81.